The molecule has 3 nitrogen and oxygen atoms in total. The maximum atomic E-state index is 4.72. The Balaban J connectivity index is 1.76. The number of thiophene rings is 1. The van der Waals surface area contributed by atoms with Crippen LogP contribution in [0, 0.1) is 0 Å². The first-order valence-corrected chi connectivity index (χ1v) is 7.52. The Kier molecular flexibility index (Phi) is 2.74. The Morgan fingerprint density at radius 1 is 1.05 bits per heavy atom. The van der Waals surface area contributed by atoms with Crippen LogP contribution in [0.15, 0.2) is 54.0 Å². The summed E-state index contributed by atoms with van der Waals surface area (Å²) >= 11 is 1.70. The molecule has 20 heavy (non-hydrogen) atoms. The smallest absolute Gasteiger partial charge is 0.230 e. The Morgan fingerprint density at radius 3 is 2.90 bits per heavy atom. The minimum atomic E-state index is 0.792. The summed E-state index contributed by atoms with van der Waals surface area (Å²) in [5.74, 6) is 0.792. The Labute approximate surface area is 121 Å². The number of rotatable bonds is 2. The van der Waals surface area contributed by atoms with Gasteiger partial charge < -0.3 is 4.90 Å². The van der Waals surface area contributed by atoms with E-state index in [-0.39, 0.29) is 0 Å². The molecule has 0 aliphatic carbocycles. The normalized spacial score (nSPS) is 13.5. The SMILES string of the molecule is c1csc(-c2ccnc(N3CCc4ccccc43)n2)c1. The van der Waals surface area contributed by atoms with Crippen molar-refractivity contribution in [3.8, 4) is 10.6 Å². The summed E-state index contributed by atoms with van der Waals surface area (Å²) in [7, 11) is 0. The molecular formula is C16H13N3S. The second-order valence-corrected chi connectivity index (χ2v) is 5.70. The average Bonchev–Trinajstić information content (AvgIpc) is 3.17. The van der Waals surface area contributed by atoms with Gasteiger partial charge >= 0.3 is 0 Å². The van der Waals surface area contributed by atoms with Gasteiger partial charge in [0.25, 0.3) is 0 Å². The standard InChI is InChI=1S/C16H13N3S/c1-2-5-14-12(4-1)8-10-19(14)16-17-9-7-13(18-16)15-6-3-11-20-15/h1-7,9,11H,8,10H2. The van der Waals surface area contributed by atoms with Crippen molar-refractivity contribution in [1.29, 1.82) is 0 Å². The molecule has 0 N–H and O–H groups in total. The first-order chi connectivity index (χ1) is 9.92. The van der Waals surface area contributed by atoms with Crippen LogP contribution in [-0.4, -0.2) is 16.5 Å². The highest BCUT2D eigenvalue weighted by molar-refractivity contribution is 7.13. The molecule has 3 aromatic rings. The van der Waals surface area contributed by atoms with Crippen molar-refractivity contribution in [2.75, 3.05) is 11.4 Å². The largest absolute Gasteiger partial charge is 0.310 e. The predicted octanol–water partition coefficient (Wildman–Crippen LogP) is 3.90. The highest BCUT2D eigenvalue weighted by Crippen LogP contribution is 2.33. The molecule has 0 spiro atoms. The van der Waals surface area contributed by atoms with E-state index < -0.39 is 0 Å². The Hall–Kier alpha value is -2.20. The lowest BCUT2D eigenvalue weighted by molar-refractivity contribution is 0.942. The number of anilines is 2. The predicted molar refractivity (Wildman–Crippen MR) is 82.5 cm³/mol. The molecule has 3 heterocycles. The molecule has 98 valence electrons. The van der Waals surface area contributed by atoms with Gasteiger partial charge in [0.1, 0.15) is 0 Å². The zero-order chi connectivity index (χ0) is 13.4. The molecule has 4 heteroatoms. The third-order valence-corrected chi connectivity index (χ3v) is 4.44. The van der Waals surface area contributed by atoms with E-state index in [1.807, 2.05) is 18.3 Å². The highest BCUT2D eigenvalue weighted by Gasteiger charge is 2.21. The van der Waals surface area contributed by atoms with Crippen LogP contribution in [0.1, 0.15) is 5.56 Å². The van der Waals surface area contributed by atoms with E-state index >= 15 is 0 Å². The molecule has 0 bridgehead atoms. The van der Waals surface area contributed by atoms with Crippen LogP contribution in [0.5, 0.6) is 0 Å². The van der Waals surface area contributed by atoms with Crippen molar-refractivity contribution in [2.24, 2.45) is 0 Å². The zero-order valence-electron chi connectivity index (χ0n) is 10.9. The van der Waals surface area contributed by atoms with Crippen molar-refractivity contribution in [3.63, 3.8) is 0 Å². The summed E-state index contributed by atoms with van der Waals surface area (Å²) in [6.45, 7) is 0.952. The fourth-order valence-corrected chi connectivity index (χ4v) is 3.28. The van der Waals surface area contributed by atoms with Crippen LogP contribution in [0.4, 0.5) is 11.6 Å². The maximum Gasteiger partial charge on any atom is 0.230 e. The van der Waals surface area contributed by atoms with Gasteiger partial charge in [0.2, 0.25) is 5.95 Å². The third-order valence-electron chi connectivity index (χ3n) is 3.55. The van der Waals surface area contributed by atoms with Crippen LogP contribution in [0.3, 0.4) is 0 Å². The number of hydrogen-bond donors (Lipinski definition) is 0. The second kappa shape index (κ2) is 4.72. The minimum Gasteiger partial charge on any atom is -0.310 e. The maximum absolute atomic E-state index is 4.72. The van der Waals surface area contributed by atoms with Crippen molar-refractivity contribution in [3.05, 3.63) is 59.6 Å². The number of hydrogen-bond acceptors (Lipinski definition) is 4. The van der Waals surface area contributed by atoms with Gasteiger partial charge in [0.15, 0.2) is 0 Å². The number of nitrogens with zero attached hydrogens (tertiary/aromatic N) is 3. The monoisotopic (exact) mass is 279 g/mol. The molecule has 4 rings (SSSR count). The van der Waals surface area contributed by atoms with E-state index in [1.165, 1.54) is 16.1 Å². The van der Waals surface area contributed by atoms with Gasteiger partial charge in [-0.2, -0.15) is 0 Å². The van der Waals surface area contributed by atoms with E-state index in [0.29, 0.717) is 0 Å². The number of para-hydroxylation sites is 1. The van der Waals surface area contributed by atoms with Gasteiger partial charge in [-0.3, -0.25) is 0 Å². The topological polar surface area (TPSA) is 29.0 Å². The second-order valence-electron chi connectivity index (χ2n) is 4.75. The molecule has 0 atom stereocenters. The van der Waals surface area contributed by atoms with Gasteiger partial charge in [-0.15, -0.1) is 11.3 Å². The lowest BCUT2D eigenvalue weighted by Crippen LogP contribution is -2.16. The summed E-state index contributed by atoms with van der Waals surface area (Å²) in [4.78, 5) is 12.6. The van der Waals surface area contributed by atoms with Gasteiger partial charge in [-0.1, -0.05) is 24.3 Å². The molecule has 1 aliphatic heterocycles. The van der Waals surface area contributed by atoms with Crippen molar-refractivity contribution in [2.45, 2.75) is 6.42 Å². The van der Waals surface area contributed by atoms with Gasteiger partial charge in [-0.25, -0.2) is 9.97 Å². The van der Waals surface area contributed by atoms with Crippen LogP contribution in [0.2, 0.25) is 0 Å². The summed E-state index contributed by atoms with van der Waals surface area (Å²) < 4.78 is 0. The van der Waals surface area contributed by atoms with E-state index in [9.17, 15) is 0 Å². The van der Waals surface area contributed by atoms with Gasteiger partial charge in [0.05, 0.1) is 10.6 Å². The van der Waals surface area contributed by atoms with E-state index in [1.54, 1.807) is 11.3 Å². The van der Waals surface area contributed by atoms with E-state index in [4.69, 9.17) is 4.98 Å². The first-order valence-electron chi connectivity index (χ1n) is 6.64. The van der Waals surface area contributed by atoms with Crippen molar-refractivity contribution in [1.82, 2.24) is 9.97 Å². The Bertz CT molecular complexity index is 737. The van der Waals surface area contributed by atoms with Gasteiger partial charge in [0, 0.05) is 18.4 Å². The average molecular weight is 279 g/mol. The first kappa shape index (κ1) is 11.6. The fraction of sp³-hybridized carbons (Fsp3) is 0.125. The van der Waals surface area contributed by atoms with Crippen LogP contribution in [-0.2, 0) is 6.42 Å². The van der Waals surface area contributed by atoms with Gasteiger partial charge in [-0.05, 0) is 35.6 Å². The summed E-state index contributed by atoms with van der Waals surface area (Å²) in [5.41, 5.74) is 3.60. The Morgan fingerprint density at radius 2 is 2.00 bits per heavy atom. The van der Waals surface area contributed by atoms with Crippen molar-refractivity contribution >= 4 is 23.0 Å². The number of fused-ring (bicyclic) bond motifs is 1. The molecule has 0 saturated carbocycles. The number of aromatic nitrogens is 2. The molecule has 1 aliphatic rings. The fourth-order valence-electron chi connectivity index (χ4n) is 2.59. The summed E-state index contributed by atoms with van der Waals surface area (Å²) in [5, 5.41) is 2.07. The summed E-state index contributed by atoms with van der Waals surface area (Å²) in [6, 6.07) is 14.6. The van der Waals surface area contributed by atoms with E-state index in [2.05, 4.69) is 45.6 Å². The lowest BCUT2D eigenvalue weighted by atomic mass is 10.2. The van der Waals surface area contributed by atoms with Crippen LogP contribution >= 0.6 is 11.3 Å². The minimum absolute atomic E-state index is 0.792. The molecule has 0 saturated heterocycles. The molecule has 1 aromatic carbocycles. The molecule has 0 radical (unpaired) electrons. The molecule has 0 unspecified atom stereocenters. The number of benzene rings is 1. The third kappa shape index (κ3) is 1.89. The zero-order valence-corrected chi connectivity index (χ0v) is 11.7. The highest BCUT2D eigenvalue weighted by atomic mass is 32.1. The lowest BCUT2D eigenvalue weighted by Gasteiger charge is -2.17. The quantitative estimate of drug-likeness (QED) is 0.712. The van der Waals surface area contributed by atoms with Crippen molar-refractivity contribution < 1.29 is 0 Å². The molecule has 2 aromatic heterocycles. The summed E-state index contributed by atoms with van der Waals surface area (Å²) in [6.07, 6.45) is 2.90. The molecular weight excluding hydrogens is 266 g/mol. The molecule has 0 amide bonds. The van der Waals surface area contributed by atoms with Crippen LogP contribution in [0.25, 0.3) is 10.6 Å². The van der Waals surface area contributed by atoms with Crippen LogP contribution < -0.4 is 4.90 Å². The van der Waals surface area contributed by atoms with E-state index in [0.717, 1.165) is 24.6 Å². The molecule has 0 fully saturated rings.